The number of benzene rings is 1. The van der Waals surface area contributed by atoms with Gasteiger partial charge in [-0.3, -0.25) is 43.6 Å². The Morgan fingerprint density at radius 2 is 1.76 bits per heavy atom. The van der Waals surface area contributed by atoms with Gasteiger partial charge in [-0.25, -0.2) is 27.2 Å². The molecule has 1 aromatic carbocycles. The average Bonchev–Trinajstić information content (AvgIpc) is 1.47. The number of ether oxygens (including phenoxy) is 5. The number of anilines is 1. The van der Waals surface area contributed by atoms with Crippen LogP contribution in [-0.4, -0.2) is 195 Å². The smallest absolute Gasteiger partial charge is 0.411 e. The van der Waals surface area contributed by atoms with Crippen LogP contribution >= 0.6 is 0 Å². The van der Waals surface area contributed by atoms with Crippen molar-refractivity contribution in [3.63, 3.8) is 0 Å². The van der Waals surface area contributed by atoms with Crippen LogP contribution in [0.15, 0.2) is 80.5 Å². The van der Waals surface area contributed by atoms with Gasteiger partial charge in [-0.1, -0.05) is 13.0 Å². The molecule has 0 bridgehead atoms. The number of amides is 6. The zero-order valence-electron chi connectivity index (χ0n) is 47.2. The van der Waals surface area contributed by atoms with Crippen LogP contribution in [0, 0.1) is 17.8 Å². The molecule has 7 aliphatic rings. The minimum atomic E-state index is -3.72. The van der Waals surface area contributed by atoms with Crippen LogP contribution in [0.25, 0.3) is 0 Å². The Hall–Kier alpha value is -8.00. The molecule has 6 unspecified atom stereocenters. The fraction of sp³-hybridized carbons (Fsp3) is 0.500. The fourth-order valence-corrected chi connectivity index (χ4v) is 12.3. The van der Waals surface area contributed by atoms with Gasteiger partial charge in [-0.2, -0.15) is 0 Å². The number of aromatic nitrogens is 1. The molecule has 10 atom stereocenters. The van der Waals surface area contributed by atoms with Crippen LogP contribution in [-0.2, 0) is 87.7 Å². The van der Waals surface area contributed by atoms with Gasteiger partial charge in [0, 0.05) is 62.0 Å². The van der Waals surface area contributed by atoms with E-state index in [-0.39, 0.29) is 72.3 Å². The van der Waals surface area contributed by atoms with Crippen molar-refractivity contribution in [2.24, 2.45) is 22.7 Å². The Morgan fingerprint density at radius 1 is 1.03 bits per heavy atom. The molecule has 5 aliphatic heterocycles. The van der Waals surface area contributed by atoms with E-state index in [1.54, 1.807) is 13.8 Å². The summed E-state index contributed by atoms with van der Waals surface area (Å²) in [7, 11) is -2.45. The molecule has 2 aliphatic carbocycles. The number of nitrogens with zero attached hydrogens (tertiary/aromatic N) is 5. The Labute approximate surface area is 490 Å². The molecular formula is C56H64FN7O21S. The maximum absolute atomic E-state index is 15.6. The van der Waals surface area contributed by atoms with Crippen LogP contribution < -0.4 is 20.9 Å². The lowest BCUT2D eigenvalue weighted by Gasteiger charge is -2.44. The van der Waals surface area contributed by atoms with E-state index in [4.69, 9.17) is 28.7 Å². The van der Waals surface area contributed by atoms with Crippen LogP contribution in [0.2, 0.25) is 0 Å². The van der Waals surface area contributed by atoms with Crippen molar-refractivity contribution in [2.45, 2.75) is 109 Å². The number of cyclic esters (lactones) is 1. The van der Waals surface area contributed by atoms with Gasteiger partial charge in [-0.15, -0.1) is 0 Å². The van der Waals surface area contributed by atoms with Crippen LogP contribution in [0.4, 0.5) is 14.9 Å². The number of rotatable bonds is 21. The molecule has 28 nitrogen and oxygen atoms in total. The van der Waals surface area contributed by atoms with Gasteiger partial charge >= 0.3 is 18.0 Å². The largest absolute Gasteiger partial charge is 0.479 e. The number of aliphatic hydroxyl groups excluding tert-OH is 3. The molecule has 30 heteroatoms. The predicted molar refractivity (Wildman–Crippen MR) is 293 cm³/mol. The quantitative estimate of drug-likeness (QED) is 0.0472. The number of nitrogens with one attached hydrogen (secondary N) is 2. The van der Waals surface area contributed by atoms with Crippen molar-refractivity contribution < 1.29 is 100 Å². The highest BCUT2D eigenvalue weighted by Gasteiger charge is 2.52. The number of dihydropyridines is 1. The number of aliphatic imine (C=N–C) groups is 1. The van der Waals surface area contributed by atoms with E-state index >= 15 is 4.39 Å². The van der Waals surface area contributed by atoms with Crippen molar-refractivity contribution in [1.29, 1.82) is 0 Å². The minimum Gasteiger partial charge on any atom is -0.479 e. The lowest BCUT2D eigenvalue weighted by molar-refractivity contribution is -0.268. The van der Waals surface area contributed by atoms with Crippen molar-refractivity contribution in [1.82, 2.24) is 24.6 Å². The number of imide groups is 1. The van der Waals surface area contributed by atoms with Gasteiger partial charge in [-0.05, 0) is 80.0 Å². The molecule has 462 valence electrons. The number of carboxylic acids is 1. The van der Waals surface area contributed by atoms with Crippen LogP contribution in [0.1, 0.15) is 68.8 Å². The van der Waals surface area contributed by atoms with E-state index in [2.05, 4.69) is 10.6 Å². The number of sulfone groups is 1. The monoisotopic (exact) mass is 1220 g/mol. The van der Waals surface area contributed by atoms with Gasteiger partial charge in [0.05, 0.1) is 71.4 Å². The molecule has 1 saturated carbocycles. The second kappa shape index (κ2) is 24.8. The van der Waals surface area contributed by atoms with Crippen LogP contribution in [0.3, 0.4) is 0 Å². The standard InChI is InChI=1S/C56H64FN7O21S/c1-6-56(78)32-18-37-47-30(20-64(37)51(73)31(32)23-82-54(56)76)46-34(9-8-29-26(2)33(57)19-36(60-47)45(29)46)58-40(67)24-81-25-62(15-16-86(5,79)80)55(77)83-22-28-7-10-38(84-53-49(72)48(71)44(27(3)65)50(85-53)52(74)75)35(17-28)59-39(66)21-61(4)41(68)13-14-63-42(69)11-12-43(63)70/h7,10-12,17-19,27,29,34,44-45,48-50,53,65,71-72,78H,6,8-9,13-16,20-25H2,1-5H3,(H,58,67)(H,59,66)(H,74,75)/t27?,29?,34-,44-,45?,48?,49?,50?,53-,56-/m0/s1. The molecule has 1 aromatic heterocycles. The Morgan fingerprint density at radius 3 is 2.43 bits per heavy atom. The average molecular weight is 1220 g/mol. The van der Waals surface area contributed by atoms with Gasteiger partial charge in [0.2, 0.25) is 24.0 Å². The first kappa shape index (κ1) is 62.5. The highest BCUT2D eigenvalue weighted by atomic mass is 32.2. The molecule has 2 fully saturated rings. The molecule has 0 radical (unpaired) electrons. The highest BCUT2D eigenvalue weighted by molar-refractivity contribution is 7.90. The van der Waals surface area contributed by atoms with Crippen molar-refractivity contribution in [3.8, 4) is 5.75 Å². The summed E-state index contributed by atoms with van der Waals surface area (Å²) in [5.41, 5.74) is 0.164. The summed E-state index contributed by atoms with van der Waals surface area (Å²) in [6.07, 6.45) is -5.60. The third kappa shape index (κ3) is 12.5. The summed E-state index contributed by atoms with van der Waals surface area (Å²) in [6, 6.07) is 4.57. The lowest BCUT2D eigenvalue weighted by Crippen LogP contribution is -2.61. The molecule has 0 spiro atoms. The van der Waals surface area contributed by atoms with Gasteiger partial charge in [0.15, 0.2) is 11.7 Å². The van der Waals surface area contributed by atoms with E-state index in [0.29, 0.717) is 41.0 Å². The maximum Gasteiger partial charge on any atom is 0.411 e. The molecule has 6 heterocycles. The van der Waals surface area contributed by atoms with Crippen molar-refractivity contribution in [2.75, 3.05) is 57.3 Å². The van der Waals surface area contributed by atoms with E-state index in [1.165, 1.54) is 48.9 Å². The maximum atomic E-state index is 15.6. The molecule has 9 rings (SSSR count). The minimum absolute atomic E-state index is 0.00389. The Bertz CT molecular complexity index is 3520. The first-order valence-electron chi connectivity index (χ1n) is 27.4. The van der Waals surface area contributed by atoms with Crippen molar-refractivity contribution in [3.05, 3.63) is 103 Å². The first-order valence-corrected chi connectivity index (χ1v) is 29.5. The van der Waals surface area contributed by atoms with E-state index < -0.39 is 162 Å². The number of halogens is 1. The molecule has 86 heavy (non-hydrogen) atoms. The molecule has 1 saturated heterocycles. The fourth-order valence-electron chi connectivity index (χ4n) is 11.7. The van der Waals surface area contributed by atoms with E-state index in [9.17, 15) is 77.1 Å². The zero-order valence-corrected chi connectivity index (χ0v) is 48.0. The number of carbonyl (C=O) groups is 8. The number of esters is 1. The number of hydrogen-bond acceptors (Lipinski definition) is 21. The highest BCUT2D eigenvalue weighted by Crippen LogP contribution is 2.52. The van der Waals surface area contributed by atoms with E-state index in [0.717, 1.165) is 33.1 Å². The number of pyridine rings is 1. The summed E-state index contributed by atoms with van der Waals surface area (Å²) in [6.45, 7) is 0.763. The topological polar surface area (TPSA) is 386 Å². The summed E-state index contributed by atoms with van der Waals surface area (Å²) >= 11 is 0. The number of aliphatic carboxylic acids is 1. The second-order valence-corrected chi connectivity index (χ2v) is 24.3. The van der Waals surface area contributed by atoms with Gasteiger partial charge in [0.25, 0.3) is 17.4 Å². The predicted octanol–water partition coefficient (Wildman–Crippen LogP) is -0.456. The number of allylic oxidation sites excluding steroid dienone is 5. The summed E-state index contributed by atoms with van der Waals surface area (Å²) in [4.78, 5) is 125. The number of hydrogen-bond donors (Lipinski definition) is 7. The van der Waals surface area contributed by atoms with Crippen LogP contribution in [0.5, 0.6) is 5.75 Å². The molecule has 7 N–H and O–H groups in total. The summed E-state index contributed by atoms with van der Waals surface area (Å²) in [5, 5.41) is 58.9. The molecule has 6 amide bonds. The van der Waals surface area contributed by atoms with Gasteiger partial charge in [0.1, 0.15) is 54.1 Å². The number of aliphatic hydroxyl groups is 4. The molecular weight excluding hydrogens is 1160 g/mol. The van der Waals surface area contributed by atoms with Gasteiger partial charge < -0.3 is 69.3 Å². The van der Waals surface area contributed by atoms with Crippen molar-refractivity contribution >= 4 is 68.8 Å². The number of carboxylic acid groups (broad SMARTS) is 1. The third-order valence-corrected chi connectivity index (χ3v) is 17.2. The summed E-state index contributed by atoms with van der Waals surface area (Å²) < 4.78 is 69.5. The third-order valence-electron chi connectivity index (χ3n) is 16.3. The second-order valence-electron chi connectivity index (χ2n) is 22.0. The lowest BCUT2D eigenvalue weighted by atomic mass is 9.64. The SMILES string of the molecule is CC[C@@]1(O)C(=O)OCc2c1cc1n(c2=O)CC2=C3C4C(=CC(F)=C(C)C4CC[C@@H]3NC(=O)COCN(CCS(C)(=O)=O)C(=O)OCc3ccc(O[C@H]4OC(C(=O)O)[C@@H](C(C)O)C(O)C4O)c(NC(=O)CN(C)C(=O)CCN4C(=O)C=CC4=O)c3)N=C21. The number of carbonyl (C=O) groups excluding carboxylic acids is 7. The zero-order chi connectivity index (χ0) is 62.4. The van der Waals surface area contributed by atoms with E-state index in [1.807, 2.05) is 0 Å². The Balaban J connectivity index is 0.894. The normalized spacial score (nSPS) is 25.9. The number of fused-ring (bicyclic) bond motifs is 4. The summed E-state index contributed by atoms with van der Waals surface area (Å²) in [5.74, 6) is -9.62. The number of likely N-dealkylation sites (N-methyl/N-ethyl adjacent to an activating group) is 1. The Kier molecular flexibility index (Phi) is 18.0. The first-order chi connectivity index (χ1) is 40.6. The molecule has 2 aromatic rings.